The molecule has 5 rings (SSSR count). The van der Waals surface area contributed by atoms with Gasteiger partial charge in [0.05, 0.1) is 17.3 Å². The summed E-state index contributed by atoms with van der Waals surface area (Å²) in [4.78, 5) is 28.1. The van der Waals surface area contributed by atoms with Crippen LogP contribution in [0, 0.1) is 19.8 Å². The molecule has 1 atom stereocenters. The number of aryl methyl sites for hydroxylation is 2. The van der Waals surface area contributed by atoms with Gasteiger partial charge in [0.15, 0.2) is 0 Å². The van der Waals surface area contributed by atoms with Gasteiger partial charge in [0.1, 0.15) is 0 Å². The average Bonchev–Trinajstić information content (AvgIpc) is 3.26. The summed E-state index contributed by atoms with van der Waals surface area (Å²) >= 11 is 0. The fourth-order valence-corrected chi connectivity index (χ4v) is 5.13. The van der Waals surface area contributed by atoms with Gasteiger partial charge in [-0.15, -0.1) is 0 Å². The number of nitrogens with zero attached hydrogens (tertiary/aromatic N) is 3. The first-order chi connectivity index (χ1) is 17.5. The van der Waals surface area contributed by atoms with Crippen molar-refractivity contribution in [3.05, 3.63) is 95.3 Å². The van der Waals surface area contributed by atoms with Crippen LogP contribution in [0.3, 0.4) is 0 Å². The molecule has 0 bridgehead atoms. The predicted octanol–water partition coefficient (Wildman–Crippen LogP) is 4.85. The molecule has 0 radical (unpaired) electrons. The van der Waals surface area contributed by atoms with E-state index in [1.807, 2.05) is 65.9 Å². The van der Waals surface area contributed by atoms with E-state index in [4.69, 9.17) is 0 Å². The molecule has 1 saturated heterocycles. The Kier molecular flexibility index (Phi) is 6.85. The lowest BCUT2D eigenvalue weighted by molar-refractivity contribution is -0.126. The van der Waals surface area contributed by atoms with Crippen molar-refractivity contribution >= 4 is 22.6 Å². The fourth-order valence-electron chi connectivity index (χ4n) is 5.13. The van der Waals surface area contributed by atoms with Crippen molar-refractivity contribution in [2.75, 3.05) is 19.6 Å². The second kappa shape index (κ2) is 10.4. The van der Waals surface area contributed by atoms with Crippen molar-refractivity contribution in [1.29, 1.82) is 0 Å². The molecule has 0 spiro atoms. The van der Waals surface area contributed by atoms with Crippen LogP contribution < -0.4 is 5.32 Å². The maximum absolute atomic E-state index is 13.3. The van der Waals surface area contributed by atoms with Crippen LogP contribution in [-0.4, -0.2) is 46.1 Å². The number of piperidine rings is 1. The highest BCUT2D eigenvalue weighted by Gasteiger charge is 2.29. The van der Waals surface area contributed by atoms with Crippen LogP contribution in [0.25, 0.3) is 16.5 Å². The number of fused-ring (bicyclic) bond motifs is 1. The average molecular weight is 481 g/mol. The fraction of sp³-hybridized carbons (Fsp3) is 0.300. The number of carbonyl (C=O) groups excluding carboxylic acids is 2. The van der Waals surface area contributed by atoms with Crippen LogP contribution >= 0.6 is 0 Å². The smallest absolute Gasteiger partial charge is 0.254 e. The van der Waals surface area contributed by atoms with Gasteiger partial charge in [-0.1, -0.05) is 48.5 Å². The topological polar surface area (TPSA) is 67.2 Å². The lowest BCUT2D eigenvalue weighted by Crippen LogP contribution is -2.45. The zero-order chi connectivity index (χ0) is 25.1. The molecule has 1 aliphatic rings. The van der Waals surface area contributed by atoms with Gasteiger partial charge in [-0.2, -0.15) is 5.10 Å². The summed E-state index contributed by atoms with van der Waals surface area (Å²) in [5.74, 6) is -0.136. The molecule has 2 amide bonds. The quantitative estimate of drug-likeness (QED) is 0.429. The summed E-state index contributed by atoms with van der Waals surface area (Å²) in [6.07, 6.45) is 2.40. The predicted molar refractivity (Wildman–Crippen MR) is 142 cm³/mol. The molecule has 1 fully saturated rings. The van der Waals surface area contributed by atoms with Gasteiger partial charge in [-0.3, -0.25) is 9.59 Å². The van der Waals surface area contributed by atoms with E-state index < -0.39 is 0 Å². The van der Waals surface area contributed by atoms with E-state index in [2.05, 4.69) is 40.7 Å². The van der Waals surface area contributed by atoms with E-state index in [-0.39, 0.29) is 17.7 Å². The van der Waals surface area contributed by atoms with Crippen LogP contribution in [0.4, 0.5) is 0 Å². The zero-order valence-electron chi connectivity index (χ0n) is 20.9. The van der Waals surface area contributed by atoms with Gasteiger partial charge >= 0.3 is 0 Å². The molecule has 4 aromatic rings. The molecule has 6 nitrogen and oxygen atoms in total. The Morgan fingerprint density at radius 2 is 1.78 bits per heavy atom. The first kappa shape index (κ1) is 23.8. The monoisotopic (exact) mass is 480 g/mol. The third kappa shape index (κ3) is 5.03. The van der Waals surface area contributed by atoms with Crippen molar-refractivity contribution in [3.63, 3.8) is 0 Å². The number of carbonyl (C=O) groups is 2. The largest absolute Gasteiger partial charge is 0.355 e. The van der Waals surface area contributed by atoms with Crippen LogP contribution in [0.2, 0.25) is 0 Å². The Labute approximate surface area is 211 Å². The molecule has 36 heavy (non-hydrogen) atoms. The van der Waals surface area contributed by atoms with Crippen molar-refractivity contribution in [3.8, 4) is 5.69 Å². The summed E-state index contributed by atoms with van der Waals surface area (Å²) in [6, 6.07) is 24.1. The number of hydrogen-bond acceptors (Lipinski definition) is 3. The molecule has 1 unspecified atom stereocenters. The van der Waals surface area contributed by atoms with Gasteiger partial charge in [-0.25, -0.2) is 4.68 Å². The zero-order valence-corrected chi connectivity index (χ0v) is 20.9. The van der Waals surface area contributed by atoms with Crippen LogP contribution in [0.5, 0.6) is 0 Å². The Balaban J connectivity index is 1.16. The van der Waals surface area contributed by atoms with Gasteiger partial charge in [0, 0.05) is 30.9 Å². The van der Waals surface area contributed by atoms with Crippen LogP contribution in [-0.2, 0) is 11.2 Å². The first-order valence-corrected chi connectivity index (χ1v) is 12.7. The van der Waals surface area contributed by atoms with Gasteiger partial charge < -0.3 is 10.2 Å². The number of rotatable bonds is 6. The van der Waals surface area contributed by atoms with E-state index in [1.165, 1.54) is 0 Å². The van der Waals surface area contributed by atoms with Crippen molar-refractivity contribution in [2.24, 2.45) is 5.92 Å². The summed E-state index contributed by atoms with van der Waals surface area (Å²) < 4.78 is 1.94. The molecular formula is C30H32N4O2. The maximum atomic E-state index is 13.3. The molecule has 1 aromatic heterocycles. The molecule has 2 heterocycles. The molecule has 184 valence electrons. The molecule has 0 saturated carbocycles. The van der Waals surface area contributed by atoms with Gasteiger partial charge in [-0.05, 0) is 73.7 Å². The summed E-state index contributed by atoms with van der Waals surface area (Å²) in [7, 11) is 0. The Bertz CT molecular complexity index is 1380. The number of benzene rings is 3. The summed E-state index contributed by atoms with van der Waals surface area (Å²) in [5.41, 5.74) is 5.01. The molecule has 0 aliphatic carbocycles. The summed E-state index contributed by atoms with van der Waals surface area (Å²) in [5, 5.41) is 9.64. The molecule has 1 N–H and O–H groups in total. The molecule has 3 aromatic carbocycles. The Hall–Kier alpha value is -3.93. The first-order valence-electron chi connectivity index (χ1n) is 12.7. The lowest BCUT2D eigenvalue weighted by atomic mass is 9.95. The number of hydrogen-bond donors (Lipinski definition) is 1. The molecular weight excluding hydrogens is 448 g/mol. The minimum absolute atomic E-state index is 0.00648. The standard InChI is InChI=1S/C30H32N4O2/c1-21-19-22(2)34(32-21)26-14-12-23(13-15-26)16-17-31-29(35)25-9-6-18-33(20-25)30(36)28-11-5-8-24-7-3-4-10-27(24)28/h3-5,7-8,10-15,19,25H,6,9,16-18,20H2,1-2H3,(H,31,35). The maximum Gasteiger partial charge on any atom is 0.254 e. The van der Waals surface area contributed by atoms with Crippen LogP contribution in [0.15, 0.2) is 72.8 Å². The minimum atomic E-state index is -0.175. The summed E-state index contributed by atoms with van der Waals surface area (Å²) in [6.45, 7) is 5.77. The Morgan fingerprint density at radius 3 is 2.56 bits per heavy atom. The lowest BCUT2D eigenvalue weighted by Gasteiger charge is -2.32. The number of aromatic nitrogens is 2. The van der Waals surface area contributed by atoms with Crippen molar-refractivity contribution in [2.45, 2.75) is 33.1 Å². The highest BCUT2D eigenvalue weighted by Crippen LogP contribution is 2.24. The van der Waals surface area contributed by atoms with E-state index >= 15 is 0 Å². The normalized spacial score (nSPS) is 15.7. The van der Waals surface area contributed by atoms with Crippen molar-refractivity contribution < 1.29 is 9.59 Å². The molecule has 1 aliphatic heterocycles. The second-order valence-electron chi connectivity index (χ2n) is 9.66. The highest BCUT2D eigenvalue weighted by atomic mass is 16.2. The van der Waals surface area contributed by atoms with E-state index in [9.17, 15) is 9.59 Å². The van der Waals surface area contributed by atoms with Gasteiger partial charge in [0.25, 0.3) is 5.91 Å². The number of nitrogens with one attached hydrogen (secondary N) is 1. The minimum Gasteiger partial charge on any atom is -0.355 e. The number of likely N-dealkylation sites (tertiary alicyclic amines) is 1. The van der Waals surface area contributed by atoms with E-state index in [1.54, 1.807) is 0 Å². The third-order valence-corrected chi connectivity index (χ3v) is 7.00. The second-order valence-corrected chi connectivity index (χ2v) is 9.66. The SMILES string of the molecule is Cc1cc(C)n(-c2ccc(CCNC(=O)C3CCCN(C(=O)c4cccc5ccccc45)C3)cc2)n1. The Morgan fingerprint density at radius 1 is 1.00 bits per heavy atom. The van der Waals surface area contributed by atoms with Crippen LogP contribution in [0.1, 0.15) is 40.2 Å². The molecule has 6 heteroatoms. The number of amides is 2. The third-order valence-electron chi connectivity index (χ3n) is 7.00. The van der Waals surface area contributed by atoms with Crippen molar-refractivity contribution in [1.82, 2.24) is 20.0 Å². The van der Waals surface area contributed by atoms with E-state index in [0.717, 1.165) is 52.7 Å². The highest BCUT2D eigenvalue weighted by molar-refractivity contribution is 6.07. The van der Waals surface area contributed by atoms with E-state index in [0.29, 0.717) is 25.2 Å². The van der Waals surface area contributed by atoms with Gasteiger partial charge in [0.2, 0.25) is 5.91 Å².